The van der Waals surface area contributed by atoms with Crippen molar-refractivity contribution < 1.29 is 13.9 Å². The second-order valence-corrected chi connectivity index (χ2v) is 5.91. The molecule has 0 radical (unpaired) electrons. The van der Waals surface area contributed by atoms with E-state index >= 15 is 0 Å². The van der Waals surface area contributed by atoms with Crippen molar-refractivity contribution >= 4 is 5.91 Å². The Kier molecular flexibility index (Phi) is 5.51. The molecule has 20 heavy (non-hydrogen) atoms. The molecule has 0 aromatic heterocycles. The van der Waals surface area contributed by atoms with Crippen LogP contribution in [0.3, 0.4) is 0 Å². The summed E-state index contributed by atoms with van der Waals surface area (Å²) >= 11 is 0. The Hall–Kier alpha value is -1.62. The predicted octanol–water partition coefficient (Wildman–Crippen LogP) is 2.04. The Bertz CT molecular complexity index is 457. The lowest BCUT2D eigenvalue weighted by Gasteiger charge is -2.29. The maximum atomic E-state index is 13.0. The zero-order valence-electron chi connectivity index (χ0n) is 12.5. The second kappa shape index (κ2) is 6.70. The average Bonchev–Trinajstić information content (AvgIpc) is 2.35. The number of likely N-dealkylation sites (N-methyl/N-ethyl adjacent to an activating group) is 1. The highest BCUT2D eigenvalue weighted by molar-refractivity contribution is 5.82. The van der Waals surface area contributed by atoms with E-state index < -0.39 is 6.04 Å². The van der Waals surface area contributed by atoms with Crippen molar-refractivity contribution in [1.29, 1.82) is 0 Å². The summed E-state index contributed by atoms with van der Waals surface area (Å²) in [6.45, 7) is 6.47. The van der Waals surface area contributed by atoms with Crippen molar-refractivity contribution in [3.8, 4) is 5.75 Å². The molecule has 1 unspecified atom stereocenters. The van der Waals surface area contributed by atoms with Gasteiger partial charge in [0.05, 0.1) is 12.6 Å². The van der Waals surface area contributed by atoms with Gasteiger partial charge in [-0.25, -0.2) is 4.39 Å². The summed E-state index contributed by atoms with van der Waals surface area (Å²) in [7, 11) is 1.68. The van der Waals surface area contributed by atoms with E-state index in [1.807, 2.05) is 20.8 Å². The monoisotopic (exact) mass is 282 g/mol. The van der Waals surface area contributed by atoms with Gasteiger partial charge in [0.15, 0.2) is 0 Å². The summed E-state index contributed by atoms with van der Waals surface area (Å²) in [6.07, 6.45) is 0. The summed E-state index contributed by atoms with van der Waals surface area (Å²) < 4.78 is 18.4. The van der Waals surface area contributed by atoms with Crippen molar-refractivity contribution in [2.24, 2.45) is 11.1 Å². The van der Waals surface area contributed by atoms with Crippen molar-refractivity contribution in [1.82, 2.24) is 4.90 Å². The first kappa shape index (κ1) is 16.4. The molecule has 0 fully saturated rings. The molecule has 1 rings (SSSR count). The highest BCUT2D eigenvalue weighted by atomic mass is 19.1. The average molecular weight is 282 g/mol. The van der Waals surface area contributed by atoms with Gasteiger partial charge < -0.3 is 15.4 Å². The number of rotatable bonds is 5. The fraction of sp³-hybridized carbons (Fsp3) is 0.533. The molecule has 0 aliphatic heterocycles. The number of hydrogen-bond acceptors (Lipinski definition) is 3. The number of carbonyl (C=O) groups excluding carboxylic acids is 1. The van der Waals surface area contributed by atoms with E-state index in [0.717, 1.165) is 0 Å². The summed E-state index contributed by atoms with van der Waals surface area (Å²) in [5, 5.41) is 0. The Balaban J connectivity index is 2.44. The zero-order chi connectivity index (χ0) is 15.3. The van der Waals surface area contributed by atoms with Crippen LogP contribution in [-0.2, 0) is 4.79 Å². The number of carbonyl (C=O) groups is 1. The van der Waals surface area contributed by atoms with Crippen LogP contribution in [0, 0.1) is 11.2 Å². The van der Waals surface area contributed by atoms with Gasteiger partial charge in [-0.15, -0.1) is 0 Å². The molecule has 0 aliphatic carbocycles. The van der Waals surface area contributed by atoms with Crippen LogP contribution < -0.4 is 10.5 Å². The van der Waals surface area contributed by atoms with Crippen molar-refractivity contribution in [2.75, 3.05) is 20.2 Å². The molecule has 0 saturated carbocycles. The third-order valence-electron chi connectivity index (χ3n) is 3.07. The molecule has 0 bridgehead atoms. The second-order valence-electron chi connectivity index (χ2n) is 5.91. The predicted molar refractivity (Wildman–Crippen MR) is 77.0 cm³/mol. The van der Waals surface area contributed by atoms with E-state index in [0.29, 0.717) is 18.9 Å². The van der Waals surface area contributed by atoms with Crippen LogP contribution in [0.25, 0.3) is 0 Å². The molecule has 0 saturated heterocycles. The molecule has 0 heterocycles. The van der Waals surface area contributed by atoms with Gasteiger partial charge in [-0.2, -0.15) is 0 Å². The normalized spacial score (nSPS) is 12.9. The van der Waals surface area contributed by atoms with Crippen LogP contribution in [0.2, 0.25) is 0 Å². The number of ether oxygens (including phenoxy) is 1. The van der Waals surface area contributed by atoms with E-state index in [1.165, 1.54) is 17.0 Å². The van der Waals surface area contributed by atoms with Gasteiger partial charge >= 0.3 is 0 Å². The molecule has 1 aromatic carbocycles. The third-order valence-corrected chi connectivity index (χ3v) is 3.07. The minimum atomic E-state index is -0.554. The lowest BCUT2D eigenvalue weighted by Crippen LogP contribution is -2.49. The summed E-state index contributed by atoms with van der Waals surface area (Å²) in [5.74, 6) is -0.0204. The Labute approximate surface area is 119 Å². The molecule has 112 valence electrons. The van der Waals surface area contributed by atoms with E-state index in [9.17, 15) is 9.18 Å². The molecule has 0 spiro atoms. The molecule has 2 N–H and O–H groups in total. The standard InChI is InChI=1S/C15H23FN2O2/c1-15(2,3)13(17)14(19)18(4)8-9-20-12-7-5-6-11(16)10-12/h5-7,10,13H,8-9,17H2,1-4H3. The fourth-order valence-electron chi connectivity index (χ4n) is 1.58. The maximum Gasteiger partial charge on any atom is 0.239 e. The van der Waals surface area contributed by atoms with Crippen LogP contribution in [0.4, 0.5) is 4.39 Å². The lowest BCUT2D eigenvalue weighted by molar-refractivity contribution is -0.133. The number of nitrogens with two attached hydrogens (primary N) is 1. The first-order valence-electron chi connectivity index (χ1n) is 6.61. The maximum absolute atomic E-state index is 13.0. The topological polar surface area (TPSA) is 55.6 Å². The van der Waals surface area contributed by atoms with Gasteiger partial charge in [0.25, 0.3) is 0 Å². The number of halogens is 1. The SMILES string of the molecule is CN(CCOc1cccc(F)c1)C(=O)C(N)C(C)(C)C. The van der Waals surface area contributed by atoms with E-state index in [2.05, 4.69) is 0 Å². The largest absolute Gasteiger partial charge is 0.492 e. The molecular weight excluding hydrogens is 259 g/mol. The minimum Gasteiger partial charge on any atom is -0.492 e. The molecule has 1 aromatic rings. The first-order chi connectivity index (χ1) is 9.21. The molecule has 1 amide bonds. The summed E-state index contributed by atoms with van der Waals surface area (Å²) in [4.78, 5) is 13.6. The number of hydrogen-bond donors (Lipinski definition) is 1. The molecular formula is C15H23FN2O2. The van der Waals surface area contributed by atoms with Crippen molar-refractivity contribution in [3.63, 3.8) is 0 Å². The fourth-order valence-corrected chi connectivity index (χ4v) is 1.58. The van der Waals surface area contributed by atoms with Gasteiger partial charge in [0, 0.05) is 13.1 Å². The molecule has 0 aliphatic rings. The van der Waals surface area contributed by atoms with Gasteiger partial charge in [-0.1, -0.05) is 26.8 Å². The molecule has 4 nitrogen and oxygen atoms in total. The summed E-state index contributed by atoms with van der Waals surface area (Å²) in [6, 6.07) is 5.36. The Morgan fingerprint density at radius 3 is 2.65 bits per heavy atom. The lowest BCUT2D eigenvalue weighted by atomic mass is 9.86. The highest BCUT2D eigenvalue weighted by Crippen LogP contribution is 2.18. The smallest absolute Gasteiger partial charge is 0.239 e. The van der Waals surface area contributed by atoms with E-state index in [1.54, 1.807) is 19.2 Å². The van der Waals surface area contributed by atoms with Crippen LogP contribution >= 0.6 is 0 Å². The van der Waals surface area contributed by atoms with Gasteiger partial charge in [0.1, 0.15) is 18.2 Å². The Morgan fingerprint density at radius 2 is 2.10 bits per heavy atom. The van der Waals surface area contributed by atoms with Gasteiger partial charge in [0.2, 0.25) is 5.91 Å². The first-order valence-corrected chi connectivity index (χ1v) is 6.61. The minimum absolute atomic E-state index is 0.125. The van der Waals surface area contributed by atoms with E-state index in [4.69, 9.17) is 10.5 Å². The highest BCUT2D eigenvalue weighted by Gasteiger charge is 2.29. The van der Waals surface area contributed by atoms with Gasteiger partial charge in [-0.3, -0.25) is 4.79 Å². The van der Waals surface area contributed by atoms with Gasteiger partial charge in [-0.05, 0) is 17.5 Å². The van der Waals surface area contributed by atoms with Crippen LogP contribution in [0.5, 0.6) is 5.75 Å². The number of benzene rings is 1. The quantitative estimate of drug-likeness (QED) is 0.899. The Morgan fingerprint density at radius 1 is 1.45 bits per heavy atom. The van der Waals surface area contributed by atoms with Crippen LogP contribution in [0.1, 0.15) is 20.8 Å². The number of nitrogens with zero attached hydrogens (tertiary/aromatic N) is 1. The zero-order valence-corrected chi connectivity index (χ0v) is 12.5. The summed E-state index contributed by atoms with van der Waals surface area (Å²) in [5.41, 5.74) is 5.63. The molecule has 5 heteroatoms. The van der Waals surface area contributed by atoms with Crippen molar-refractivity contribution in [3.05, 3.63) is 30.1 Å². The van der Waals surface area contributed by atoms with Crippen LogP contribution in [-0.4, -0.2) is 37.0 Å². The van der Waals surface area contributed by atoms with Crippen LogP contribution in [0.15, 0.2) is 24.3 Å². The molecule has 1 atom stereocenters. The van der Waals surface area contributed by atoms with Crippen molar-refractivity contribution in [2.45, 2.75) is 26.8 Å². The van der Waals surface area contributed by atoms with E-state index in [-0.39, 0.29) is 17.1 Å². The number of amides is 1. The third kappa shape index (κ3) is 4.81.